The minimum Gasteiger partial charge on any atom is -0.328 e. The molecule has 2 heteroatoms. The number of hydrogen-bond donors (Lipinski definition) is 1. The number of nitrogens with zero attached hydrogens (tertiary/aromatic N) is 1. The summed E-state index contributed by atoms with van der Waals surface area (Å²) < 4.78 is 0. The van der Waals surface area contributed by atoms with Gasteiger partial charge in [-0.15, -0.1) is 0 Å². The Morgan fingerprint density at radius 2 is 1.82 bits per heavy atom. The lowest BCUT2D eigenvalue weighted by Crippen LogP contribution is -2.28. The van der Waals surface area contributed by atoms with E-state index in [4.69, 9.17) is 5.73 Å². The van der Waals surface area contributed by atoms with Crippen LogP contribution in [0.3, 0.4) is 0 Å². The quantitative estimate of drug-likeness (QED) is 0.656. The summed E-state index contributed by atoms with van der Waals surface area (Å²) >= 11 is 0. The lowest BCUT2D eigenvalue weighted by Gasteiger charge is -2.20. The summed E-state index contributed by atoms with van der Waals surface area (Å²) in [7, 11) is 2.16. The van der Waals surface area contributed by atoms with Gasteiger partial charge in [0.2, 0.25) is 0 Å². The van der Waals surface area contributed by atoms with Crippen molar-refractivity contribution >= 4 is 0 Å². The molecule has 0 amide bonds. The summed E-state index contributed by atoms with van der Waals surface area (Å²) in [6.07, 6.45) is 2.35. The molecule has 0 aliphatic rings. The van der Waals surface area contributed by atoms with Crippen LogP contribution in [0.1, 0.15) is 33.6 Å². The van der Waals surface area contributed by atoms with E-state index in [1.54, 1.807) is 0 Å². The predicted octanol–water partition coefficient (Wildman–Crippen LogP) is 1.45. The van der Waals surface area contributed by atoms with Crippen molar-refractivity contribution < 1.29 is 0 Å². The third kappa shape index (κ3) is 6.32. The second-order valence-corrected chi connectivity index (χ2v) is 3.69. The monoisotopic (exact) mass is 158 g/mol. The van der Waals surface area contributed by atoms with Crippen LogP contribution in [0.2, 0.25) is 0 Å². The second-order valence-electron chi connectivity index (χ2n) is 3.69. The number of nitrogens with two attached hydrogens (primary N) is 1. The van der Waals surface area contributed by atoms with Crippen LogP contribution in [0.15, 0.2) is 0 Å². The third-order valence-electron chi connectivity index (χ3n) is 2.05. The Morgan fingerprint density at radius 3 is 2.18 bits per heavy atom. The molecule has 0 spiro atoms. The van der Waals surface area contributed by atoms with E-state index < -0.39 is 0 Å². The highest BCUT2D eigenvalue weighted by Crippen LogP contribution is 1.99. The molecule has 0 fully saturated rings. The highest BCUT2D eigenvalue weighted by molar-refractivity contribution is 4.59. The fraction of sp³-hybridized carbons (Fsp3) is 1.00. The van der Waals surface area contributed by atoms with Gasteiger partial charge >= 0.3 is 0 Å². The molecule has 2 nitrogen and oxygen atoms in total. The molecule has 1 atom stereocenters. The Morgan fingerprint density at radius 1 is 1.27 bits per heavy atom. The van der Waals surface area contributed by atoms with Crippen molar-refractivity contribution in [3.05, 3.63) is 0 Å². The SMILES string of the molecule is CC(C)N(C)CCC[C@H](C)N. The standard InChI is InChI=1S/C9H22N2/c1-8(2)11(4)7-5-6-9(3)10/h8-9H,5-7,10H2,1-4H3/t9-/m0/s1. The van der Waals surface area contributed by atoms with Gasteiger partial charge in [0.15, 0.2) is 0 Å². The molecule has 68 valence electrons. The summed E-state index contributed by atoms with van der Waals surface area (Å²) in [5.41, 5.74) is 5.64. The smallest absolute Gasteiger partial charge is 0.00355 e. The Hall–Kier alpha value is -0.0800. The lowest BCUT2D eigenvalue weighted by atomic mass is 10.2. The van der Waals surface area contributed by atoms with Crippen molar-refractivity contribution in [3.8, 4) is 0 Å². The molecular formula is C9H22N2. The van der Waals surface area contributed by atoms with Crippen LogP contribution in [-0.2, 0) is 0 Å². The summed E-state index contributed by atoms with van der Waals surface area (Å²) in [6.45, 7) is 7.66. The molecule has 0 radical (unpaired) electrons. The van der Waals surface area contributed by atoms with E-state index in [-0.39, 0.29) is 0 Å². The van der Waals surface area contributed by atoms with E-state index in [0.29, 0.717) is 12.1 Å². The number of hydrogen-bond acceptors (Lipinski definition) is 2. The van der Waals surface area contributed by atoms with Crippen LogP contribution >= 0.6 is 0 Å². The average molecular weight is 158 g/mol. The van der Waals surface area contributed by atoms with Gasteiger partial charge in [-0.2, -0.15) is 0 Å². The van der Waals surface area contributed by atoms with Gasteiger partial charge in [-0.1, -0.05) is 0 Å². The van der Waals surface area contributed by atoms with Gasteiger partial charge in [0.1, 0.15) is 0 Å². The van der Waals surface area contributed by atoms with Gasteiger partial charge in [0.25, 0.3) is 0 Å². The molecule has 0 saturated carbocycles. The first-order valence-corrected chi connectivity index (χ1v) is 4.50. The van der Waals surface area contributed by atoms with E-state index in [2.05, 4.69) is 32.7 Å². The van der Waals surface area contributed by atoms with Crippen LogP contribution < -0.4 is 5.73 Å². The summed E-state index contributed by atoms with van der Waals surface area (Å²) in [6, 6.07) is 1.01. The highest BCUT2D eigenvalue weighted by Gasteiger charge is 2.02. The van der Waals surface area contributed by atoms with Crippen LogP contribution in [-0.4, -0.2) is 30.6 Å². The Labute approximate surface area is 70.8 Å². The molecule has 0 saturated heterocycles. The molecule has 0 aromatic heterocycles. The first-order chi connectivity index (χ1) is 5.04. The zero-order chi connectivity index (χ0) is 8.85. The van der Waals surface area contributed by atoms with Crippen molar-refractivity contribution in [3.63, 3.8) is 0 Å². The first kappa shape index (κ1) is 10.9. The van der Waals surface area contributed by atoms with Crippen LogP contribution in [0.25, 0.3) is 0 Å². The molecule has 0 rings (SSSR count). The summed E-state index contributed by atoms with van der Waals surface area (Å²) in [5.74, 6) is 0. The Bertz CT molecular complexity index is 89.6. The van der Waals surface area contributed by atoms with Gasteiger partial charge < -0.3 is 10.6 Å². The fourth-order valence-electron chi connectivity index (χ4n) is 0.921. The topological polar surface area (TPSA) is 29.3 Å². The largest absolute Gasteiger partial charge is 0.328 e. The molecular weight excluding hydrogens is 136 g/mol. The van der Waals surface area contributed by atoms with Crippen molar-refractivity contribution in [2.24, 2.45) is 5.73 Å². The fourth-order valence-corrected chi connectivity index (χ4v) is 0.921. The van der Waals surface area contributed by atoms with Gasteiger partial charge in [-0.05, 0) is 47.2 Å². The lowest BCUT2D eigenvalue weighted by molar-refractivity contribution is 0.266. The molecule has 0 heterocycles. The first-order valence-electron chi connectivity index (χ1n) is 4.50. The van der Waals surface area contributed by atoms with Crippen molar-refractivity contribution in [1.29, 1.82) is 0 Å². The van der Waals surface area contributed by atoms with E-state index in [0.717, 1.165) is 6.42 Å². The van der Waals surface area contributed by atoms with E-state index in [1.165, 1.54) is 13.0 Å². The normalized spacial score (nSPS) is 14.5. The predicted molar refractivity (Wildman–Crippen MR) is 50.6 cm³/mol. The van der Waals surface area contributed by atoms with Gasteiger partial charge in [0, 0.05) is 12.1 Å². The number of rotatable bonds is 5. The second kappa shape index (κ2) is 5.56. The summed E-state index contributed by atoms with van der Waals surface area (Å²) in [5, 5.41) is 0. The Balaban J connectivity index is 3.24. The Kier molecular flexibility index (Phi) is 5.51. The van der Waals surface area contributed by atoms with Crippen molar-refractivity contribution in [2.45, 2.75) is 45.7 Å². The van der Waals surface area contributed by atoms with Crippen LogP contribution in [0.4, 0.5) is 0 Å². The van der Waals surface area contributed by atoms with Crippen LogP contribution in [0.5, 0.6) is 0 Å². The van der Waals surface area contributed by atoms with E-state index >= 15 is 0 Å². The molecule has 0 aromatic rings. The molecule has 0 aliphatic heterocycles. The highest BCUT2D eigenvalue weighted by atomic mass is 15.1. The molecule has 2 N–H and O–H groups in total. The minimum atomic E-state index is 0.357. The minimum absolute atomic E-state index is 0.357. The molecule has 0 aliphatic carbocycles. The summed E-state index contributed by atoms with van der Waals surface area (Å²) in [4.78, 5) is 2.35. The third-order valence-corrected chi connectivity index (χ3v) is 2.05. The van der Waals surface area contributed by atoms with Crippen LogP contribution in [0, 0.1) is 0 Å². The maximum atomic E-state index is 5.64. The van der Waals surface area contributed by atoms with Crippen molar-refractivity contribution in [2.75, 3.05) is 13.6 Å². The van der Waals surface area contributed by atoms with Gasteiger partial charge in [-0.25, -0.2) is 0 Å². The van der Waals surface area contributed by atoms with Gasteiger partial charge in [0.05, 0.1) is 0 Å². The molecule has 11 heavy (non-hydrogen) atoms. The van der Waals surface area contributed by atoms with Crippen molar-refractivity contribution in [1.82, 2.24) is 4.90 Å². The average Bonchev–Trinajstić information content (AvgIpc) is 1.86. The van der Waals surface area contributed by atoms with Gasteiger partial charge in [-0.3, -0.25) is 0 Å². The van der Waals surface area contributed by atoms with E-state index in [9.17, 15) is 0 Å². The molecule has 0 bridgehead atoms. The zero-order valence-electron chi connectivity index (χ0n) is 8.30. The maximum Gasteiger partial charge on any atom is 0.00355 e. The maximum absolute atomic E-state index is 5.64. The zero-order valence-corrected chi connectivity index (χ0v) is 8.30. The van der Waals surface area contributed by atoms with E-state index in [1.807, 2.05) is 0 Å². The molecule has 0 aromatic carbocycles. The molecule has 0 unspecified atom stereocenters.